The summed E-state index contributed by atoms with van der Waals surface area (Å²) in [6.07, 6.45) is 2.99. The number of nitrogens with one attached hydrogen (secondary N) is 2. The molecule has 0 aromatic carbocycles. The number of aryl methyl sites for hydroxylation is 1. The molecular formula is C12H17N3O3. The van der Waals surface area contributed by atoms with Gasteiger partial charge < -0.3 is 10.4 Å². The second-order valence-electron chi connectivity index (χ2n) is 4.76. The Hall–Kier alpha value is -1.85. The van der Waals surface area contributed by atoms with E-state index in [4.69, 9.17) is 5.11 Å². The highest BCUT2D eigenvalue weighted by molar-refractivity contribution is 5.94. The molecule has 0 bridgehead atoms. The summed E-state index contributed by atoms with van der Waals surface area (Å²) < 4.78 is 0. The predicted molar refractivity (Wildman–Crippen MR) is 65.0 cm³/mol. The van der Waals surface area contributed by atoms with E-state index in [9.17, 15) is 9.59 Å². The maximum absolute atomic E-state index is 12.1. The number of carboxylic acids is 1. The number of carbonyl (C=O) groups is 2. The molecule has 98 valence electrons. The maximum atomic E-state index is 12.1. The lowest BCUT2D eigenvalue weighted by Crippen LogP contribution is -2.36. The Kier molecular flexibility index (Phi) is 3.64. The fourth-order valence-electron chi connectivity index (χ4n) is 2.44. The zero-order chi connectivity index (χ0) is 13.1. The SMILES string of the molecule is Cc1cc(NC(=O)[C@@H]2CCCC[C@H]2C(=O)O)n[nH]1. The van der Waals surface area contributed by atoms with Crippen molar-refractivity contribution in [2.45, 2.75) is 32.6 Å². The molecule has 1 saturated carbocycles. The van der Waals surface area contributed by atoms with E-state index in [0.717, 1.165) is 18.5 Å². The third kappa shape index (κ3) is 2.69. The van der Waals surface area contributed by atoms with Gasteiger partial charge >= 0.3 is 5.97 Å². The zero-order valence-electron chi connectivity index (χ0n) is 10.3. The Morgan fingerprint density at radius 1 is 1.39 bits per heavy atom. The van der Waals surface area contributed by atoms with Gasteiger partial charge in [0.2, 0.25) is 5.91 Å². The Labute approximate surface area is 105 Å². The number of carboxylic acid groups (broad SMARTS) is 1. The van der Waals surface area contributed by atoms with Crippen LogP contribution in [-0.2, 0) is 9.59 Å². The van der Waals surface area contributed by atoms with Gasteiger partial charge in [0.05, 0.1) is 11.8 Å². The van der Waals surface area contributed by atoms with Crippen molar-refractivity contribution in [3.05, 3.63) is 11.8 Å². The Balaban J connectivity index is 2.04. The Bertz CT molecular complexity index is 455. The molecular weight excluding hydrogens is 234 g/mol. The first kappa shape index (κ1) is 12.6. The van der Waals surface area contributed by atoms with E-state index in [1.807, 2.05) is 6.92 Å². The number of hydrogen-bond acceptors (Lipinski definition) is 3. The second-order valence-corrected chi connectivity index (χ2v) is 4.76. The molecule has 1 aromatic heterocycles. The van der Waals surface area contributed by atoms with E-state index < -0.39 is 17.8 Å². The minimum atomic E-state index is -0.881. The molecule has 1 aliphatic rings. The van der Waals surface area contributed by atoms with Crippen LogP contribution in [0.3, 0.4) is 0 Å². The molecule has 0 aliphatic heterocycles. The number of nitrogens with zero attached hydrogens (tertiary/aromatic N) is 1. The lowest BCUT2D eigenvalue weighted by Gasteiger charge is -2.27. The van der Waals surface area contributed by atoms with Crippen LogP contribution in [0.1, 0.15) is 31.4 Å². The second kappa shape index (κ2) is 5.20. The van der Waals surface area contributed by atoms with Crippen LogP contribution in [0.4, 0.5) is 5.82 Å². The van der Waals surface area contributed by atoms with Crippen molar-refractivity contribution in [1.29, 1.82) is 0 Å². The number of amides is 1. The molecule has 6 heteroatoms. The molecule has 1 fully saturated rings. The van der Waals surface area contributed by atoms with E-state index in [1.165, 1.54) is 0 Å². The zero-order valence-corrected chi connectivity index (χ0v) is 10.3. The van der Waals surface area contributed by atoms with Crippen molar-refractivity contribution in [1.82, 2.24) is 10.2 Å². The number of hydrogen-bond donors (Lipinski definition) is 3. The van der Waals surface area contributed by atoms with Gasteiger partial charge in [-0.2, -0.15) is 5.10 Å². The van der Waals surface area contributed by atoms with E-state index >= 15 is 0 Å². The summed E-state index contributed by atoms with van der Waals surface area (Å²) >= 11 is 0. The molecule has 0 radical (unpaired) electrons. The molecule has 18 heavy (non-hydrogen) atoms. The molecule has 1 aliphatic carbocycles. The Morgan fingerprint density at radius 2 is 2.06 bits per heavy atom. The lowest BCUT2D eigenvalue weighted by atomic mass is 9.79. The Morgan fingerprint density at radius 3 is 2.61 bits per heavy atom. The summed E-state index contributed by atoms with van der Waals surface area (Å²) in [5.74, 6) is -1.69. The third-order valence-corrected chi connectivity index (χ3v) is 3.38. The lowest BCUT2D eigenvalue weighted by molar-refractivity contribution is -0.147. The number of aromatic nitrogens is 2. The molecule has 2 atom stereocenters. The largest absolute Gasteiger partial charge is 0.481 e. The quantitative estimate of drug-likeness (QED) is 0.759. The standard InChI is InChI=1S/C12H17N3O3/c1-7-6-10(15-14-7)13-11(16)8-4-2-3-5-9(8)12(17)18/h6,8-9H,2-5H2,1H3,(H,17,18)(H2,13,14,15,16)/t8-,9-/m1/s1. The van der Waals surface area contributed by atoms with Crippen molar-refractivity contribution in [2.24, 2.45) is 11.8 Å². The van der Waals surface area contributed by atoms with Crippen LogP contribution in [0.25, 0.3) is 0 Å². The average molecular weight is 251 g/mol. The van der Waals surface area contributed by atoms with Gasteiger partial charge in [-0.05, 0) is 19.8 Å². The van der Waals surface area contributed by atoms with Crippen molar-refractivity contribution in [3.8, 4) is 0 Å². The minimum absolute atomic E-state index is 0.242. The molecule has 0 spiro atoms. The third-order valence-electron chi connectivity index (χ3n) is 3.38. The van der Waals surface area contributed by atoms with Crippen molar-refractivity contribution < 1.29 is 14.7 Å². The molecule has 1 heterocycles. The molecule has 0 saturated heterocycles. The van der Waals surface area contributed by atoms with Crippen LogP contribution < -0.4 is 5.32 Å². The topological polar surface area (TPSA) is 95.1 Å². The number of aromatic amines is 1. The molecule has 3 N–H and O–H groups in total. The average Bonchev–Trinajstić information content (AvgIpc) is 2.74. The molecule has 0 unspecified atom stereocenters. The van der Waals surface area contributed by atoms with Gasteiger partial charge in [0.25, 0.3) is 0 Å². The van der Waals surface area contributed by atoms with Gasteiger partial charge in [-0.1, -0.05) is 12.8 Å². The first-order valence-electron chi connectivity index (χ1n) is 6.13. The normalized spacial score (nSPS) is 23.6. The summed E-state index contributed by atoms with van der Waals surface area (Å²) in [5.41, 5.74) is 0.851. The minimum Gasteiger partial charge on any atom is -0.481 e. The van der Waals surface area contributed by atoms with Gasteiger partial charge in [-0.3, -0.25) is 14.7 Å². The first-order valence-corrected chi connectivity index (χ1v) is 6.13. The summed E-state index contributed by atoms with van der Waals surface area (Å²) in [5, 5.41) is 18.4. The van der Waals surface area contributed by atoms with Crippen molar-refractivity contribution in [3.63, 3.8) is 0 Å². The van der Waals surface area contributed by atoms with Gasteiger partial charge in [-0.25, -0.2) is 0 Å². The highest BCUT2D eigenvalue weighted by Gasteiger charge is 2.35. The van der Waals surface area contributed by atoms with Gasteiger partial charge in [0.15, 0.2) is 5.82 Å². The van der Waals surface area contributed by atoms with Crippen LogP contribution >= 0.6 is 0 Å². The van der Waals surface area contributed by atoms with E-state index in [1.54, 1.807) is 6.07 Å². The van der Waals surface area contributed by atoms with E-state index in [2.05, 4.69) is 15.5 Å². The maximum Gasteiger partial charge on any atom is 0.307 e. The monoisotopic (exact) mass is 251 g/mol. The van der Waals surface area contributed by atoms with Crippen LogP contribution in [0.2, 0.25) is 0 Å². The number of H-pyrrole nitrogens is 1. The fraction of sp³-hybridized carbons (Fsp3) is 0.583. The number of rotatable bonds is 3. The highest BCUT2D eigenvalue weighted by atomic mass is 16.4. The molecule has 6 nitrogen and oxygen atoms in total. The van der Waals surface area contributed by atoms with Crippen LogP contribution in [-0.4, -0.2) is 27.2 Å². The molecule has 1 aromatic rings. The van der Waals surface area contributed by atoms with E-state index in [0.29, 0.717) is 18.7 Å². The summed E-state index contributed by atoms with van der Waals surface area (Å²) in [6, 6.07) is 1.72. The van der Waals surface area contributed by atoms with Crippen molar-refractivity contribution >= 4 is 17.7 Å². The first-order chi connectivity index (χ1) is 8.58. The number of aliphatic carboxylic acids is 1. The van der Waals surface area contributed by atoms with Gasteiger partial charge in [0.1, 0.15) is 0 Å². The van der Waals surface area contributed by atoms with E-state index in [-0.39, 0.29) is 5.91 Å². The van der Waals surface area contributed by atoms with Crippen LogP contribution in [0.15, 0.2) is 6.07 Å². The fourth-order valence-corrected chi connectivity index (χ4v) is 2.44. The van der Waals surface area contributed by atoms with Crippen molar-refractivity contribution in [2.75, 3.05) is 5.32 Å². The summed E-state index contributed by atoms with van der Waals surface area (Å²) in [4.78, 5) is 23.2. The number of carbonyl (C=O) groups excluding carboxylic acids is 1. The molecule has 2 rings (SSSR count). The number of anilines is 1. The predicted octanol–water partition coefficient (Wildman–Crippen LogP) is 1.55. The van der Waals surface area contributed by atoms with Crippen LogP contribution in [0, 0.1) is 18.8 Å². The summed E-state index contributed by atoms with van der Waals surface area (Å²) in [6.45, 7) is 1.84. The van der Waals surface area contributed by atoms with Gasteiger partial charge in [0, 0.05) is 11.8 Å². The van der Waals surface area contributed by atoms with Crippen LogP contribution in [0.5, 0.6) is 0 Å². The molecule has 1 amide bonds. The smallest absolute Gasteiger partial charge is 0.307 e. The highest BCUT2D eigenvalue weighted by Crippen LogP contribution is 2.31. The van der Waals surface area contributed by atoms with Gasteiger partial charge in [-0.15, -0.1) is 0 Å². The summed E-state index contributed by atoms with van der Waals surface area (Å²) in [7, 11) is 0.